The molecule has 1 unspecified atom stereocenters. The van der Waals surface area contributed by atoms with E-state index in [1.54, 1.807) is 14.2 Å². The molecule has 0 aromatic carbocycles. The molecule has 0 saturated heterocycles. The summed E-state index contributed by atoms with van der Waals surface area (Å²) in [5.74, 6) is 0.525. The maximum absolute atomic E-state index is 5.34. The maximum atomic E-state index is 5.34. The highest BCUT2D eigenvalue weighted by molar-refractivity contribution is 6.13. The van der Waals surface area contributed by atoms with E-state index < -0.39 is 0 Å². The monoisotopic (exact) mass is 202 g/mol. The lowest BCUT2D eigenvalue weighted by Gasteiger charge is -2.28. The number of ether oxygens (including phenoxy) is 2. The highest BCUT2D eigenvalue weighted by Gasteiger charge is 2.23. The van der Waals surface area contributed by atoms with Crippen LogP contribution >= 0.6 is 0 Å². The van der Waals surface area contributed by atoms with E-state index in [0.717, 1.165) is 23.1 Å². The van der Waals surface area contributed by atoms with Gasteiger partial charge in [0.05, 0.1) is 10.2 Å². The van der Waals surface area contributed by atoms with Crippen molar-refractivity contribution in [2.45, 2.75) is 32.1 Å². The maximum Gasteiger partial charge on any atom is 0.141 e. The van der Waals surface area contributed by atoms with Crippen LogP contribution in [0.15, 0.2) is 12.2 Å². The molecule has 0 radical (unpaired) electrons. The zero-order valence-electron chi connectivity index (χ0n) is 9.46. The van der Waals surface area contributed by atoms with E-state index in [4.69, 9.17) is 9.47 Å². The fourth-order valence-electron chi connectivity index (χ4n) is 1.27. The summed E-state index contributed by atoms with van der Waals surface area (Å²) in [6.45, 7) is 4.33. The molecule has 0 heterocycles. The second-order valence-electron chi connectivity index (χ2n) is 3.56. The summed E-state index contributed by atoms with van der Waals surface area (Å²) in [6.07, 6.45) is 6.46. The Kier molecular flexibility index (Phi) is 6.29. The van der Waals surface area contributed by atoms with Crippen LogP contribution in [0.2, 0.25) is 0 Å². The molecule has 0 aliphatic heterocycles. The van der Waals surface area contributed by atoms with Gasteiger partial charge in [-0.25, -0.2) is 0 Å². The zero-order valence-corrected chi connectivity index (χ0v) is 11.5. The van der Waals surface area contributed by atoms with Crippen LogP contribution in [0.4, 0.5) is 0 Å². The lowest BCUT2D eigenvalue weighted by molar-refractivity contribution is -0.150. The third kappa shape index (κ3) is 5.24. The molecule has 0 aromatic heterocycles. The molecule has 0 fully saturated rings. The van der Waals surface area contributed by atoms with Gasteiger partial charge >= 0.3 is 0 Å². The summed E-state index contributed by atoms with van der Waals surface area (Å²) >= 11 is 0. The Morgan fingerprint density at radius 3 is 2.31 bits per heavy atom. The van der Waals surface area contributed by atoms with Crippen molar-refractivity contribution in [1.29, 1.82) is 0 Å². The third-order valence-electron chi connectivity index (χ3n) is 2.26. The van der Waals surface area contributed by atoms with Gasteiger partial charge in [-0.3, -0.25) is 0 Å². The Labute approximate surface area is 84.7 Å². The number of methoxy groups -OCH3 is 2. The van der Waals surface area contributed by atoms with Crippen LogP contribution in [-0.2, 0) is 9.47 Å². The SMILES string of the molecule is CCC=CC(C)CC([SiH3])(OC)OC. The van der Waals surface area contributed by atoms with Crippen molar-refractivity contribution in [2.24, 2.45) is 5.92 Å². The average Bonchev–Trinajstić information content (AvgIpc) is 2.14. The largest absolute Gasteiger partial charge is 0.358 e. The minimum absolute atomic E-state index is 0.308. The molecule has 3 heteroatoms. The fourth-order valence-corrected chi connectivity index (χ4v) is 1.92. The van der Waals surface area contributed by atoms with Crippen LogP contribution in [0.3, 0.4) is 0 Å². The number of hydrogen-bond acceptors (Lipinski definition) is 2. The Balaban J connectivity index is 4.01. The standard InChI is InChI=1S/C10H22O2Si/c1-5-6-7-9(2)8-10(13,11-3)12-4/h6-7,9H,5,8H2,1-4,13H3. The molecule has 13 heavy (non-hydrogen) atoms. The normalized spacial score (nSPS) is 15.4. The first-order chi connectivity index (χ1) is 6.08. The predicted octanol–water partition coefficient (Wildman–Crippen LogP) is 1.29. The average molecular weight is 202 g/mol. The van der Waals surface area contributed by atoms with Crippen LogP contribution in [0, 0.1) is 5.92 Å². The van der Waals surface area contributed by atoms with E-state index in [1.165, 1.54) is 0 Å². The molecule has 0 aromatic rings. The van der Waals surface area contributed by atoms with Gasteiger partial charge < -0.3 is 9.47 Å². The number of rotatable bonds is 6. The zero-order chi connectivity index (χ0) is 10.3. The van der Waals surface area contributed by atoms with E-state index in [-0.39, 0.29) is 5.41 Å². The molecule has 0 saturated carbocycles. The van der Waals surface area contributed by atoms with Gasteiger partial charge in [-0.05, 0) is 12.3 Å². The van der Waals surface area contributed by atoms with Crippen molar-refractivity contribution in [1.82, 2.24) is 0 Å². The molecule has 0 N–H and O–H groups in total. The van der Waals surface area contributed by atoms with Gasteiger partial charge in [0, 0.05) is 20.6 Å². The van der Waals surface area contributed by atoms with Gasteiger partial charge in [0.25, 0.3) is 0 Å². The highest BCUT2D eigenvalue weighted by Crippen LogP contribution is 2.19. The van der Waals surface area contributed by atoms with Gasteiger partial charge in [0.1, 0.15) is 5.41 Å². The van der Waals surface area contributed by atoms with Crippen molar-refractivity contribution in [2.75, 3.05) is 14.2 Å². The lowest BCUT2D eigenvalue weighted by Crippen LogP contribution is -2.35. The van der Waals surface area contributed by atoms with Gasteiger partial charge in [0.15, 0.2) is 0 Å². The van der Waals surface area contributed by atoms with Crippen molar-refractivity contribution in [3.63, 3.8) is 0 Å². The van der Waals surface area contributed by atoms with Crippen LogP contribution in [-0.4, -0.2) is 29.9 Å². The Morgan fingerprint density at radius 1 is 1.38 bits per heavy atom. The topological polar surface area (TPSA) is 18.5 Å². The Morgan fingerprint density at radius 2 is 1.92 bits per heavy atom. The molecule has 78 valence electrons. The molecule has 0 rings (SSSR count). The quantitative estimate of drug-likeness (QED) is 0.367. The van der Waals surface area contributed by atoms with Gasteiger partial charge in [-0.2, -0.15) is 0 Å². The fraction of sp³-hybridized carbons (Fsp3) is 0.800. The molecule has 0 spiro atoms. The summed E-state index contributed by atoms with van der Waals surface area (Å²) in [5, 5.41) is 0. The summed E-state index contributed by atoms with van der Waals surface area (Å²) < 4.78 is 10.7. The second-order valence-corrected chi connectivity index (χ2v) is 5.08. The summed E-state index contributed by atoms with van der Waals surface area (Å²) in [7, 11) is 4.33. The van der Waals surface area contributed by atoms with E-state index in [0.29, 0.717) is 5.92 Å². The van der Waals surface area contributed by atoms with Crippen LogP contribution < -0.4 is 0 Å². The predicted molar refractivity (Wildman–Crippen MR) is 59.9 cm³/mol. The summed E-state index contributed by atoms with van der Waals surface area (Å²) in [5.41, 5.74) is -0.308. The van der Waals surface area contributed by atoms with Crippen molar-refractivity contribution in [3.05, 3.63) is 12.2 Å². The minimum atomic E-state index is -0.308. The van der Waals surface area contributed by atoms with Crippen molar-refractivity contribution >= 4 is 10.2 Å². The van der Waals surface area contributed by atoms with Gasteiger partial charge in [0.2, 0.25) is 0 Å². The van der Waals surface area contributed by atoms with Crippen molar-refractivity contribution < 1.29 is 9.47 Å². The molecular weight excluding hydrogens is 180 g/mol. The van der Waals surface area contributed by atoms with Crippen molar-refractivity contribution in [3.8, 4) is 0 Å². The van der Waals surface area contributed by atoms with Crippen LogP contribution in [0.1, 0.15) is 26.7 Å². The summed E-state index contributed by atoms with van der Waals surface area (Å²) in [6, 6.07) is 0. The first-order valence-electron chi connectivity index (χ1n) is 4.85. The number of allylic oxidation sites excluding steroid dienone is 2. The van der Waals surface area contributed by atoms with Crippen LogP contribution in [0.25, 0.3) is 0 Å². The Bertz CT molecular complexity index is 153. The molecular formula is C10H22O2Si. The second kappa shape index (κ2) is 6.35. The van der Waals surface area contributed by atoms with E-state index in [2.05, 4.69) is 26.0 Å². The lowest BCUT2D eigenvalue weighted by atomic mass is 10.1. The third-order valence-corrected chi connectivity index (χ3v) is 3.48. The Hall–Kier alpha value is -0.123. The van der Waals surface area contributed by atoms with Gasteiger partial charge in [-0.1, -0.05) is 26.0 Å². The minimum Gasteiger partial charge on any atom is -0.358 e. The van der Waals surface area contributed by atoms with E-state index in [9.17, 15) is 0 Å². The van der Waals surface area contributed by atoms with Crippen LogP contribution in [0.5, 0.6) is 0 Å². The first-order valence-corrected chi connectivity index (χ1v) is 5.85. The number of hydrogen-bond donors (Lipinski definition) is 0. The highest BCUT2D eigenvalue weighted by atomic mass is 28.1. The molecule has 0 bridgehead atoms. The van der Waals surface area contributed by atoms with Gasteiger partial charge in [-0.15, -0.1) is 0 Å². The smallest absolute Gasteiger partial charge is 0.141 e. The molecule has 1 atom stereocenters. The molecule has 2 nitrogen and oxygen atoms in total. The van der Waals surface area contributed by atoms with E-state index >= 15 is 0 Å². The molecule has 0 amide bonds. The molecule has 0 aliphatic carbocycles. The molecule has 0 aliphatic rings. The first kappa shape index (κ1) is 12.9. The summed E-state index contributed by atoms with van der Waals surface area (Å²) in [4.78, 5) is 0. The van der Waals surface area contributed by atoms with E-state index in [1.807, 2.05) is 0 Å².